The van der Waals surface area contributed by atoms with Gasteiger partial charge in [-0.1, -0.05) is 11.6 Å². The zero-order valence-corrected chi connectivity index (χ0v) is 16.2. The van der Waals surface area contributed by atoms with Crippen LogP contribution in [0, 0.1) is 0 Å². The highest BCUT2D eigenvalue weighted by atomic mass is 35.5. The lowest BCUT2D eigenvalue weighted by molar-refractivity contribution is 0.0951. The Morgan fingerprint density at radius 2 is 2.31 bits per heavy atom. The Hall–Kier alpha value is -2.03. The first-order valence-corrected chi connectivity index (χ1v) is 10.4. The molecule has 0 aliphatic carbocycles. The van der Waals surface area contributed by atoms with Crippen molar-refractivity contribution in [1.29, 1.82) is 0 Å². The number of aromatic nitrogens is 2. The molecule has 0 radical (unpaired) electrons. The summed E-state index contributed by atoms with van der Waals surface area (Å²) in [6, 6.07) is 5.74. The van der Waals surface area contributed by atoms with E-state index in [1.165, 1.54) is 11.8 Å². The van der Waals surface area contributed by atoms with Gasteiger partial charge in [-0.15, -0.1) is 0 Å². The summed E-state index contributed by atoms with van der Waals surface area (Å²) in [5.74, 6) is 2.51. The molecule has 0 bridgehead atoms. The number of rotatable bonds is 9. The van der Waals surface area contributed by atoms with Gasteiger partial charge in [0, 0.05) is 18.1 Å². The van der Waals surface area contributed by atoms with E-state index in [0.717, 1.165) is 17.3 Å². The number of halogens is 1. The molecule has 0 unspecified atom stereocenters. The second-order valence-corrected chi connectivity index (χ2v) is 7.56. The number of nitrogens with zero attached hydrogens (tertiary/aromatic N) is 2. The van der Waals surface area contributed by atoms with Gasteiger partial charge in [-0.3, -0.25) is 4.79 Å². The fourth-order valence-electron chi connectivity index (χ4n) is 2.08. The summed E-state index contributed by atoms with van der Waals surface area (Å²) in [6.45, 7) is 0.970. The maximum absolute atomic E-state index is 12.3. The van der Waals surface area contributed by atoms with Crippen molar-refractivity contribution in [2.45, 2.75) is 12.3 Å². The molecule has 0 aliphatic rings. The molecule has 0 saturated heterocycles. The summed E-state index contributed by atoms with van der Waals surface area (Å²) < 4.78 is 5.23. The van der Waals surface area contributed by atoms with Gasteiger partial charge in [0.1, 0.15) is 5.76 Å². The SMILES string of the molecule is O=C(NCCSCc1ccsc1)c1nc(NCc2ccco2)ncc1Cl. The molecule has 0 spiro atoms. The average molecular weight is 409 g/mol. The van der Waals surface area contributed by atoms with Crippen LogP contribution in [0.3, 0.4) is 0 Å². The molecule has 0 aromatic carbocycles. The molecular formula is C17H17ClN4O2S2. The van der Waals surface area contributed by atoms with Gasteiger partial charge < -0.3 is 15.1 Å². The van der Waals surface area contributed by atoms with Gasteiger partial charge in [-0.2, -0.15) is 23.1 Å². The Morgan fingerprint density at radius 3 is 3.08 bits per heavy atom. The van der Waals surface area contributed by atoms with Crippen LogP contribution < -0.4 is 10.6 Å². The number of thioether (sulfide) groups is 1. The van der Waals surface area contributed by atoms with E-state index in [9.17, 15) is 4.79 Å². The summed E-state index contributed by atoms with van der Waals surface area (Å²) in [4.78, 5) is 20.6. The number of hydrogen-bond acceptors (Lipinski definition) is 7. The third-order valence-corrected chi connectivity index (χ3v) is 5.38. The molecule has 3 aromatic heterocycles. The number of hydrogen-bond donors (Lipinski definition) is 2. The maximum atomic E-state index is 12.3. The molecule has 3 heterocycles. The second-order valence-electron chi connectivity index (χ2n) is 5.26. The van der Waals surface area contributed by atoms with Crippen LogP contribution in [0.25, 0.3) is 0 Å². The first kappa shape index (κ1) is 18.8. The van der Waals surface area contributed by atoms with Crippen LogP contribution in [0.5, 0.6) is 0 Å². The highest BCUT2D eigenvalue weighted by molar-refractivity contribution is 7.98. The lowest BCUT2D eigenvalue weighted by Crippen LogP contribution is -2.27. The predicted octanol–water partition coefficient (Wildman–Crippen LogP) is 4.06. The van der Waals surface area contributed by atoms with Gasteiger partial charge in [-0.05, 0) is 34.5 Å². The summed E-state index contributed by atoms with van der Waals surface area (Å²) >= 11 is 9.52. The Balaban J connectivity index is 1.47. The third-order valence-electron chi connectivity index (χ3n) is 3.34. The van der Waals surface area contributed by atoms with Crippen molar-refractivity contribution in [3.05, 3.63) is 63.5 Å². The number of nitrogens with one attached hydrogen (secondary N) is 2. The quantitative estimate of drug-likeness (QED) is 0.520. The largest absolute Gasteiger partial charge is 0.467 e. The first-order chi connectivity index (χ1) is 12.7. The monoisotopic (exact) mass is 408 g/mol. The highest BCUT2D eigenvalue weighted by Gasteiger charge is 2.14. The van der Waals surface area contributed by atoms with Gasteiger partial charge in [0.15, 0.2) is 5.69 Å². The van der Waals surface area contributed by atoms with Crippen molar-refractivity contribution in [3.8, 4) is 0 Å². The summed E-state index contributed by atoms with van der Waals surface area (Å²) in [5, 5.41) is 10.3. The molecule has 0 atom stereocenters. The molecule has 6 nitrogen and oxygen atoms in total. The molecule has 3 aromatic rings. The number of carbonyl (C=O) groups excluding carboxylic acids is 1. The molecule has 0 saturated carbocycles. The lowest BCUT2D eigenvalue weighted by atomic mass is 10.3. The van der Waals surface area contributed by atoms with E-state index >= 15 is 0 Å². The predicted molar refractivity (Wildman–Crippen MR) is 106 cm³/mol. The normalized spacial score (nSPS) is 10.7. The van der Waals surface area contributed by atoms with E-state index in [0.29, 0.717) is 19.0 Å². The number of amides is 1. The molecule has 2 N–H and O–H groups in total. The maximum Gasteiger partial charge on any atom is 0.271 e. The summed E-state index contributed by atoms with van der Waals surface area (Å²) in [5.41, 5.74) is 1.46. The van der Waals surface area contributed by atoms with Crippen LogP contribution in [0.1, 0.15) is 21.8 Å². The fraction of sp³-hybridized carbons (Fsp3) is 0.235. The summed E-state index contributed by atoms with van der Waals surface area (Å²) in [7, 11) is 0. The van der Waals surface area contributed by atoms with Gasteiger partial charge in [0.05, 0.1) is 24.0 Å². The first-order valence-electron chi connectivity index (χ1n) is 7.88. The van der Waals surface area contributed by atoms with E-state index in [4.69, 9.17) is 16.0 Å². The zero-order chi connectivity index (χ0) is 18.2. The van der Waals surface area contributed by atoms with Crippen LogP contribution in [0.15, 0.2) is 45.8 Å². The van der Waals surface area contributed by atoms with Crippen molar-refractivity contribution < 1.29 is 9.21 Å². The minimum Gasteiger partial charge on any atom is -0.467 e. The Morgan fingerprint density at radius 1 is 1.38 bits per heavy atom. The molecule has 1 amide bonds. The standard InChI is InChI=1S/C17H17ClN4O2S2/c18-14-9-21-17(20-8-13-2-1-5-24-13)22-15(14)16(23)19-4-7-26-11-12-3-6-25-10-12/h1-3,5-6,9-10H,4,7-8,11H2,(H,19,23)(H,20,21,22). The molecule has 26 heavy (non-hydrogen) atoms. The Labute approximate surface area is 164 Å². The van der Waals surface area contributed by atoms with Gasteiger partial charge >= 0.3 is 0 Å². The number of thiophene rings is 1. The molecule has 3 rings (SSSR count). The lowest BCUT2D eigenvalue weighted by Gasteiger charge is -2.08. The molecule has 0 aliphatic heterocycles. The fourth-order valence-corrected chi connectivity index (χ4v) is 3.83. The number of furan rings is 1. The number of anilines is 1. The van der Waals surface area contributed by atoms with Crippen LogP contribution in [-0.2, 0) is 12.3 Å². The van der Waals surface area contributed by atoms with Crippen molar-refractivity contribution >= 4 is 46.6 Å². The van der Waals surface area contributed by atoms with E-state index in [2.05, 4.69) is 37.4 Å². The van der Waals surface area contributed by atoms with Crippen molar-refractivity contribution in [2.75, 3.05) is 17.6 Å². The smallest absolute Gasteiger partial charge is 0.271 e. The molecule has 0 fully saturated rings. The molecule has 9 heteroatoms. The molecule has 136 valence electrons. The second kappa shape index (κ2) is 9.61. The third kappa shape index (κ3) is 5.48. The van der Waals surface area contributed by atoms with Crippen LogP contribution in [0.2, 0.25) is 5.02 Å². The average Bonchev–Trinajstić information content (AvgIpc) is 3.34. The van der Waals surface area contributed by atoms with E-state index in [-0.39, 0.29) is 16.6 Å². The highest BCUT2D eigenvalue weighted by Crippen LogP contribution is 2.16. The van der Waals surface area contributed by atoms with Crippen LogP contribution in [0.4, 0.5) is 5.95 Å². The van der Waals surface area contributed by atoms with Gasteiger partial charge in [-0.25, -0.2) is 9.97 Å². The Kier molecular flexibility index (Phi) is 6.93. The van der Waals surface area contributed by atoms with E-state index in [1.807, 2.05) is 6.07 Å². The molecular weight excluding hydrogens is 392 g/mol. The summed E-state index contributed by atoms with van der Waals surface area (Å²) in [6.07, 6.45) is 3.01. The minimum absolute atomic E-state index is 0.159. The van der Waals surface area contributed by atoms with Crippen LogP contribution >= 0.6 is 34.7 Å². The zero-order valence-electron chi connectivity index (χ0n) is 13.8. The van der Waals surface area contributed by atoms with E-state index in [1.54, 1.807) is 35.4 Å². The number of carbonyl (C=O) groups is 1. The topological polar surface area (TPSA) is 80.0 Å². The van der Waals surface area contributed by atoms with Gasteiger partial charge in [0.2, 0.25) is 5.95 Å². The van der Waals surface area contributed by atoms with Crippen molar-refractivity contribution in [1.82, 2.24) is 15.3 Å². The Bertz CT molecular complexity index is 825. The van der Waals surface area contributed by atoms with E-state index < -0.39 is 0 Å². The van der Waals surface area contributed by atoms with Crippen molar-refractivity contribution in [3.63, 3.8) is 0 Å². The van der Waals surface area contributed by atoms with Crippen LogP contribution in [-0.4, -0.2) is 28.2 Å². The minimum atomic E-state index is -0.311. The van der Waals surface area contributed by atoms with Gasteiger partial charge in [0.25, 0.3) is 5.91 Å². The van der Waals surface area contributed by atoms with Crippen molar-refractivity contribution in [2.24, 2.45) is 0 Å².